The highest BCUT2D eigenvalue weighted by Crippen LogP contribution is 2.19. The van der Waals surface area contributed by atoms with E-state index in [1.165, 1.54) is 0 Å². The molecule has 3 rings (SSSR count). The van der Waals surface area contributed by atoms with E-state index in [1.54, 1.807) is 60.7 Å². The predicted octanol–water partition coefficient (Wildman–Crippen LogP) is 3.99. The fourth-order valence-corrected chi connectivity index (χ4v) is 2.70. The molecular formula is C23H21N3O3. The van der Waals surface area contributed by atoms with Crippen LogP contribution in [0.15, 0.2) is 78.9 Å². The van der Waals surface area contributed by atoms with Gasteiger partial charge in [-0.15, -0.1) is 0 Å². The number of ketones is 1. The summed E-state index contributed by atoms with van der Waals surface area (Å²) in [6.45, 7) is 1.72. The van der Waals surface area contributed by atoms with Crippen molar-refractivity contribution >= 4 is 29.1 Å². The minimum absolute atomic E-state index is 0.188. The molecule has 6 heteroatoms. The Labute approximate surface area is 169 Å². The van der Waals surface area contributed by atoms with E-state index in [0.717, 1.165) is 5.56 Å². The maximum absolute atomic E-state index is 12.7. The van der Waals surface area contributed by atoms with Gasteiger partial charge in [0.2, 0.25) is 5.91 Å². The van der Waals surface area contributed by atoms with E-state index < -0.39 is 11.9 Å². The lowest BCUT2D eigenvalue weighted by molar-refractivity contribution is -0.115. The molecule has 0 radical (unpaired) electrons. The van der Waals surface area contributed by atoms with Gasteiger partial charge in [0.1, 0.15) is 0 Å². The molecule has 0 fully saturated rings. The number of anilines is 2. The van der Waals surface area contributed by atoms with E-state index in [1.807, 2.05) is 25.1 Å². The van der Waals surface area contributed by atoms with E-state index in [4.69, 9.17) is 0 Å². The maximum Gasteiger partial charge on any atom is 0.319 e. The van der Waals surface area contributed by atoms with Gasteiger partial charge in [-0.1, -0.05) is 60.2 Å². The molecule has 146 valence electrons. The molecule has 0 saturated carbocycles. The van der Waals surface area contributed by atoms with Crippen molar-refractivity contribution in [2.45, 2.75) is 6.92 Å². The molecule has 3 amide bonds. The normalized spacial score (nSPS) is 10.1. The van der Waals surface area contributed by atoms with Crippen molar-refractivity contribution in [3.8, 4) is 0 Å². The highest BCUT2D eigenvalue weighted by molar-refractivity contribution is 6.14. The number of carbonyl (C=O) groups excluding carboxylic acids is 3. The van der Waals surface area contributed by atoms with Gasteiger partial charge in [0.15, 0.2) is 5.78 Å². The molecule has 0 aliphatic heterocycles. The minimum Gasteiger partial charge on any atom is -0.329 e. The summed E-state index contributed by atoms with van der Waals surface area (Å²) in [6, 6.07) is 22.4. The van der Waals surface area contributed by atoms with Crippen LogP contribution in [0.4, 0.5) is 16.2 Å². The van der Waals surface area contributed by atoms with Crippen LogP contribution in [0.2, 0.25) is 0 Å². The average molecular weight is 387 g/mol. The Hall–Kier alpha value is -3.93. The summed E-state index contributed by atoms with van der Waals surface area (Å²) in [6.07, 6.45) is 0. The van der Waals surface area contributed by atoms with Crippen LogP contribution in [0.3, 0.4) is 0 Å². The molecule has 0 aromatic heterocycles. The fraction of sp³-hybridized carbons (Fsp3) is 0.0870. The molecule has 3 aromatic rings. The number of urea groups is 1. The largest absolute Gasteiger partial charge is 0.329 e. The number of hydrogen-bond donors (Lipinski definition) is 3. The summed E-state index contributed by atoms with van der Waals surface area (Å²) in [5.41, 5.74) is 3.03. The van der Waals surface area contributed by atoms with Crippen LogP contribution in [0.5, 0.6) is 0 Å². The summed E-state index contributed by atoms with van der Waals surface area (Å²) >= 11 is 0. The summed E-state index contributed by atoms with van der Waals surface area (Å²) in [7, 11) is 0. The summed E-state index contributed by atoms with van der Waals surface area (Å²) < 4.78 is 0. The van der Waals surface area contributed by atoms with E-state index in [0.29, 0.717) is 22.5 Å². The molecule has 0 heterocycles. The zero-order valence-corrected chi connectivity index (χ0v) is 15.9. The van der Waals surface area contributed by atoms with Crippen molar-refractivity contribution in [1.82, 2.24) is 5.32 Å². The standard InChI is InChI=1S/C23H21N3O3/c1-16-11-13-18(14-12-16)25-23(29)24-15-21(27)26-20-10-6-5-9-19(20)22(28)17-7-3-2-4-8-17/h2-14H,15H2,1H3,(H,26,27)(H2,24,25,29). The second kappa shape index (κ2) is 9.32. The third kappa shape index (κ3) is 5.52. The van der Waals surface area contributed by atoms with Crippen LogP contribution in [0.1, 0.15) is 21.5 Å². The number of rotatable bonds is 6. The number of benzene rings is 3. The summed E-state index contributed by atoms with van der Waals surface area (Å²) in [5, 5.41) is 7.84. The molecule has 0 bridgehead atoms. The summed E-state index contributed by atoms with van der Waals surface area (Å²) in [5.74, 6) is -0.621. The molecule has 29 heavy (non-hydrogen) atoms. The van der Waals surface area contributed by atoms with Gasteiger partial charge in [-0.05, 0) is 31.2 Å². The first-order chi connectivity index (χ1) is 14.0. The molecule has 0 saturated heterocycles. The topological polar surface area (TPSA) is 87.3 Å². The lowest BCUT2D eigenvalue weighted by Gasteiger charge is -2.11. The highest BCUT2D eigenvalue weighted by Gasteiger charge is 2.15. The molecule has 0 atom stereocenters. The van der Waals surface area contributed by atoms with Gasteiger partial charge < -0.3 is 16.0 Å². The van der Waals surface area contributed by atoms with E-state index in [2.05, 4.69) is 16.0 Å². The third-order valence-electron chi connectivity index (χ3n) is 4.20. The number of aryl methyl sites for hydroxylation is 1. The number of amides is 3. The van der Waals surface area contributed by atoms with Crippen molar-refractivity contribution in [1.29, 1.82) is 0 Å². The second-order valence-corrected chi connectivity index (χ2v) is 6.46. The molecule has 0 aliphatic rings. The quantitative estimate of drug-likeness (QED) is 0.559. The molecule has 0 aliphatic carbocycles. The smallest absolute Gasteiger partial charge is 0.319 e. The molecule has 6 nitrogen and oxygen atoms in total. The van der Waals surface area contributed by atoms with Gasteiger partial charge in [0.05, 0.1) is 12.2 Å². The van der Waals surface area contributed by atoms with Crippen LogP contribution < -0.4 is 16.0 Å². The fourth-order valence-electron chi connectivity index (χ4n) is 2.70. The molecule has 0 unspecified atom stereocenters. The van der Waals surface area contributed by atoms with Gasteiger partial charge in [0, 0.05) is 16.8 Å². The average Bonchev–Trinajstić information content (AvgIpc) is 2.74. The molecule has 3 aromatic carbocycles. The minimum atomic E-state index is -0.488. The van der Waals surface area contributed by atoms with Gasteiger partial charge >= 0.3 is 6.03 Å². The number of nitrogens with one attached hydrogen (secondary N) is 3. The van der Waals surface area contributed by atoms with Crippen molar-refractivity contribution in [3.63, 3.8) is 0 Å². The first-order valence-electron chi connectivity index (χ1n) is 9.13. The highest BCUT2D eigenvalue weighted by atomic mass is 16.2. The lowest BCUT2D eigenvalue weighted by Crippen LogP contribution is -2.36. The number of hydrogen-bond acceptors (Lipinski definition) is 3. The Balaban J connectivity index is 1.59. The predicted molar refractivity (Wildman–Crippen MR) is 113 cm³/mol. The molecular weight excluding hydrogens is 366 g/mol. The van der Waals surface area contributed by atoms with E-state index in [-0.39, 0.29) is 12.3 Å². The maximum atomic E-state index is 12.7. The Kier molecular flexibility index (Phi) is 6.37. The Morgan fingerprint density at radius 1 is 0.759 bits per heavy atom. The summed E-state index contributed by atoms with van der Waals surface area (Å²) in [4.78, 5) is 36.9. The van der Waals surface area contributed by atoms with E-state index in [9.17, 15) is 14.4 Å². The van der Waals surface area contributed by atoms with Gasteiger partial charge in [-0.3, -0.25) is 9.59 Å². The second-order valence-electron chi connectivity index (χ2n) is 6.46. The molecule has 3 N–H and O–H groups in total. The first-order valence-corrected chi connectivity index (χ1v) is 9.13. The van der Waals surface area contributed by atoms with Crippen molar-refractivity contribution < 1.29 is 14.4 Å². The van der Waals surface area contributed by atoms with Crippen molar-refractivity contribution in [3.05, 3.63) is 95.6 Å². The zero-order valence-electron chi connectivity index (χ0n) is 15.9. The van der Waals surface area contributed by atoms with Gasteiger partial charge in [0.25, 0.3) is 0 Å². The number of para-hydroxylation sites is 1. The van der Waals surface area contributed by atoms with Crippen LogP contribution in [0, 0.1) is 6.92 Å². The van der Waals surface area contributed by atoms with Gasteiger partial charge in [-0.2, -0.15) is 0 Å². The monoisotopic (exact) mass is 387 g/mol. The van der Waals surface area contributed by atoms with Crippen LogP contribution in [-0.2, 0) is 4.79 Å². The van der Waals surface area contributed by atoms with Crippen LogP contribution >= 0.6 is 0 Å². The van der Waals surface area contributed by atoms with Crippen molar-refractivity contribution in [2.24, 2.45) is 0 Å². The third-order valence-corrected chi connectivity index (χ3v) is 4.20. The number of carbonyl (C=O) groups is 3. The lowest BCUT2D eigenvalue weighted by atomic mass is 10.0. The van der Waals surface area contributed by atoms with Crippen LogP contribution in [0.25, 0.3) is 0 Å². The Morgan fingerprint density at radius 2 is 1.41 bits per heavy atom. The van der Waals surface area contributed by atoms with E-state index >= 15 is 0 Å². The Morgan fingerprint density at radius 3 is 2.14 bits per heavy atom. The SMILES string of the molecule is Cc1ccc(NC(=O)NCC(=O)Nc2ccccc2C(=O)c2ccccc2)cc1. The molecule has 0 spiro atoms. The Bertz CT molecular complexity index is 1020. The first kappa shape index (κ1) is 19.8. The van der Waals surface area contributed by atoms with Gasteiger partial charge in [-0.25, -0.2) is 4.79 Å². The van der Waals surface area contributed by atoms with Crippen molar-refractivity contribution in [2.75, 3.05) is 17.2 Å². The van der Waals surface area contributed by atoms with Crippen LogP contribution in [-0.4, -0.2) is 24.3 Å². The zero-order chi connectivity index (χ0) is 20.6.